The molecule has 0 aliphatic rings. The lowest BCUT2D eigenvalue weighted by atomic mass is 10.1. The smallest absolute Gasteiger partial charge is 0.233 e. The minimum atomic E-state index is 0.0419. The van der Waals surface area contributed by atoms with Crippen LogP contribution in [0.25, 0.3) is 0 Å². The van der Waals surface area contributed by atoms with Gasteiger partial charge in [0.15, 0.2) is 0 Å². The summed E-state index contributed by atoms with van der Waals surface area (Å²) >= 11 is 0. The van der Waals surface area contributed by atoms with Gasteiger partial charge in [0, 0.05) is 19.0 Å². The Bertz CT molecular complexity index is 216. The number of rotatable bonds is 9. The zero-order valence-corrected chi connectivity index (χ0v) is 12.6. The van der Waals surface area contributed by atoms with E-state index in [4.69, 9.17) is 0 Å². The Kier molecular flexibility index (Phi) is 15.3. The van der Waals surface area contributed by atoms with Gasteiger partial charge in [0.1, 0.15) is 5.78 Å². The molecule has 0 radical (unpaired) electrons. The number of hydrogen-bond acceptors (Lipinski definition) is 3. The van der Waals surface area contributed by atoms with Crippen LogP contribution in [0.3, 0.4) is 0 Å². The zero-order valence-electron chi connectivity index (χ0n) is 12.6. The molecule has 0 aromatic rings. The van der Waals surface area contributed by atoms with Gasteiger partial charge in [-0.1, -0.05) is 34.1 Å². The molecule has 0 spiro atoms. The Morgan fingerprint density at radius 3 is 2.17 bits per heavy atom. The second-order valence-electron chi connectivity index (χ2n) is 4.40. The first kappa shape index (κ1) is 19.4. The van der Waals surface area contributed by atoms with E-state index in [9.17, 15) is 9.59 Å². The Morgan fingerprint density at radius 2 is 1.67 bits per heavy atom. The molecule has 0 heterocycles. The van der Waals surface area contributed by atoms with Crippen LogP contribution < -0.4 is 10.6 Å². The van der Waals surface area contributed by atoms with Crippen molar-refractivity contribution in [1.82, 2.24) is 10.6 Å². The fourth-order valence-electron chi connectivity index (χ4n) is 1.26. The summed E-state index contributed by atoms with van der Waals surface area (Å²) in [5.41, 5.74) is 0. The number of unbranched alkanes of at least 4 members (excludes halogenated alkanes) is 2. The third-order valence-corrected chi connectivity index (χ3v) is 2.20. The number of nitrogens with one attached hydrogen (secondary N) is 2. The Hall–Kier alpha value is -0.900. The summed E-state index contributed by atoms with van der Waals surface area (Å²) in [6.45, 7) is 10.7. The van der Waals surface area contributed by atoms with E-state index in [-0.39, 0.29) is 11.7 Å². The lowest BCUT2D eigenvalue weighted by molar-refractivity contribution is -0.120. The molecular weight excluding hydrogens is 228 g/mol. The summed E-state index contributed by atoms with van der Waals surface area (Å²) in [6, 6.07) is 0.335. The summed E-state index contributed by atoms with van der Waals surface area (Å²) < 4.78 is 0. The lowest BCUT2D eigenvalue weighted by Gasteiger charge is -2.08. The van der Waals surface area contributed by atoms with Gasteiger partial charge in [0.25, 0.3) is 0 Å². The SMILES string of the molecule is CC.CC(=O)CCCCCNC(=O)CNC(C)C. The third-order valence-electron chi connectivity index (χ3n) is 2.20. The number of carbonyl (C=O) groups is 2. The minimum Gasteiger partial charge on any atom is -0.355 e. The van der Waals surface area contributed by atoms with E-state index in [1.54, 1.807) is 6.92 Å². The van der Waals surface area contributed by atoms with Gasteiger partial charge in [-0.15, -0.1) is 0 Å². The highest BCUT2D eigenvalue weighted by Crippen LogP contribution is 1.99. The first-order valence-electron chi connectivity index (χ1n) is 7.02. The lowest BCUT2D eigenvalue weighted by Crippen LogP contribution is -2.37. The predicted octanol–water partition coefficient (Wildman–Crippen LogP) is 2.28. The van der Waals surface area contributed by atoms with Gasteiger partial charge in [-0.25, -0.2) is 0 Å². The molecule has 0 saturated carbocycles. The van der Waals surface area contributed by atoms with E-state index >= 15 is 0 Å². The number of Topliss-reactive ketones (excluding diaryl/α,β-unsaturated/α-hetero) is 1. The molecule has 108 valence electrons. The van der Waals surface area contributed by atoms with Crippen LogP contribution in [0.2, 0.25) is 0 Å². The van der Waals surface area contributed by atoms with Crippen LogP contribution >= 0.6 is 0 Å². The van der Waals surface area contributed by atoms with Gasteiger partial charge < -0.3 is 15.4 Å². The van der Waals surface area contributed by atoms with E-state index in [1.807, 2.05) is 27.7 Å². The summed E-state index contributed by atoms with van der Waals surface area (Å²) in [4.78, 5) is 21.9. The molecule has 1 amide bonds. The largest absolute Gasteiger partial charge is 0.355 e. The van der Waals surface area contributed by atoms with Crippen molar-refractivity contribution in [2.75, 3.05) is 13.1 Å². The van der Waals surface area contributed by atoms with Crippen LogP contribution in [0.1, 0.15) is 60.3 Å². The summed E-state index contributed by atoms with van der Waals surface area (Å²) in [7, 11) is 0. The Morgan fingerprint density at radius 1 is 1.06 bits per heavy atom. The van der Waals surface area contributed by atoms with Crippen LogP contribution in [0.15, 0.2) is 0 Å². The van der Waals surface area contributed by atoms with Crippen LogP contribution in [-0.2, 0) is 9.59 Å². The van der Waals surface area contributed by atoms with E-state index in [0.717, 1.165) is 19.3 Å². The number of ketones is 1. The number of amides is 1. The maximum absolute atomic E-state index is 11.3. The molecule has 0 bridgehead atoms. The zero-order chi connectivity index (χ0) is 14.4. The second kappa shape index (κ2) is 14.2. The van der Waals surface area contributed by atoms with Gasteiger partial charge in [-0.3, -0.25) is 4.79 Å². The molecule has 0 saturated heterocycles. The van der Waals surface area contributed by atoms with Crippen molar-refractivity contribution in [3.05, 3.63) is 0 Å². The quantitative estimate of drug-likeness (QED) is 0.624. The van der Waals surface area contributed by atoms with Gasteiger partial charge in [0.05, 0.1) is 6.54 Å². The van der Waals surface area contributed by atoms with Gasteiger partial charge >= 0.3 is 0 Å². The molecule has 0 aromatic heterocycles. The topological polar surface area (TPSA) is 58.2 Å². The van der Waals surface area contributed by atoms with Crippen molar-refractivity contribution in [2.24, 2.45) is 0 Å². The van der Waals surface area contributed by atoms with E-state index in [1.165, 1.54) is 0 Å². The fraction of sp³-hybridized carbons (Fsp3) is 0.857. The molecule has 0 rings (SSSR count). The van der Waals surface area contributed by atoms with Crippen LogP contribution in [-0.4, -0.2) is 30.8 Å². The summed E-state index contributed by atoms with van der Waals surface area (Å²) in [5, 5.41) is 5.90. The molecule has 0 unspecified atom stereocenters. The normalized spacial score (nSPS) is 9.67. The molecular formula is C14H30N2O2. The Balaban J connectivity index is 0. The molecule has 4 heteroatoms. The standard InChI is InChI=1S/C12H24N2O2.C2H6/c1-10(2)14-9-12(16)13-8-6-4-5-7-11(3)15;1-2/h10,14H,4-9H2,1-3H3,(H,13,16);1-2H3. The first-order chi connectivity index (χ1) is 8.52. The summed E-state index contributed by atoms with van der Waals surface area (Å²) in [6.07, 6.45) is 3.52. The van der Waals surface area contributed by atoms with Crippen LogP contribution in [0.5, 0.6) is 0 Å². The second-order valence-corrected chi connectivity index (χ2v) is 4.40. The van der Waals surface area contributed by atoms with Crippen molar-refractivity contribution in [1.29, 1.82) is 0 Å². The van der Waals surface area contributed by atoms with Gasteiger partial charge in [-0.05, 0) is 19.8 Å². The highest BCUT2D eigenvalue weighted by Gasteiger charge is 2.01. The molecule has 0 aliphatic heterocycles. The highest BCUT2D eigenvalue weighted by molar-refractivity contribution is 5.78. The summed E-state index contributed by atoms with van der Waals surface area (Å²) in [5.74, 6) is 0.283. The molecule has 0 aliphatic carbocycles. The van der Waals surface area contributed by atoms with E-state index < -0.39 is 0 Å². The molecule has 2 N–H and O–H groups in total. The van der Waals surface area contributed by atoms with Gasteiger partial charge in [0.2, 0.25) is 5.91 Å². The average Bonchev–Trinajstić information content (AvgIpc) is 2.33. The predicted molar refractivity (Wildman–Crippen MR) is 76.6 cm³/mol. The molecule has 4 nitrogen and oxygen atoms in total. The van der Waals surface area contributed by atoms with Crippen molar-refractivity contribution < 1.29 is 9.59 Å². The minimum absolute atomic E-state index is 0.0419. The van der Waals surface area contributed by atoms with Crippen LogP contribution in [0, 0.1) is 0 Å². The van der Waals surface area contributed by atoms with Crippen molar-refractivity contribution in [3.63, 3.8) is 0 Å². The fourth-order valence-corrected chi connectivity index (χ4v) is 1.26. The van der Waals surface area contributed by atoms with Gasteiger partial charge in [-0.2, -0.15) is 0 Å². The third kappa shape index (κ3) is 17.5. The number of hydrogen-bond donors (Lipinski definition) is 2. The monoisotopic (exact) mass is 258 g/mol. The first-order valence-corrected chi connectivity index (χ1v) is 7.02. The number of carbonyl (C=O) groups excluding carboxylic acids is 2. The average molecular weight is 258 g/mol. The van der Waals surface area contributed by atoms with Crippen molar-refractivity contribution in [2.45, 2.75) is 66.3 Å². The van der Waals surface area contributed by atoms with Crippen molar-refractivity contribution >= 4 is 11.7 Å². The maximum Gasteiger partial charge on any atom is 0.233 e. The van der Waals surface area contributed by atoms with E-state index in [0.29, 0.717) is 25.6 Å². The highest BCUT2D eigenvalue weighted by atomic mass is 16.1. The van der Waals surface area contributed by atoms with Crippen LogP contribution in [0.4, 0.5) is 0 Å². The van der Waals surface area contributed by atoms with Crippen molar-refractivity contribution in [3.8, 4) is 0 Å². The molecule has 0 aromatic carbocycles. The molecule has 18 heavy (non-hydrogen) atoms. The molecule has 0 atom stereocenters. The van der Waals surface area contributed by atoms with E-state index in [2.05, 4.69) is 10.6 Å². The molecule has 0 fully saturated rings. The maximum atomic E-state index is 11.3. The Labute approximate surface area is 112 Å².